The molecule has 0 aliphatic rings. The molecule has 0 amide bonds. The molecular formula is C12H12N2O4. The lowest BCUT2D eigenvalue weighted by atomic mass is 10.1. The Morgan fingerprint density at radius 2 is 2.33 bits per heavy atom. The molecule has 6 heteroatoms. The van der Waals surface area contributed by atoms with Crippen molar-refractivity contribution in [3.8, 4) is 12.3 Å². The third-order valence-corrected chi connectivity index (χ3v) is 2.27. The summed E-state index contributed by atoms with van der Waals surface area (Å²) in [5.41, 5.74) is -0.644. The van der Waals surface area contributed by atoms with Crippen molar-refractivity contribution in [3.63, 3.8) is 0 Å². The maximum absolute atomic E-state index is 10.9. The van der Waals surface area contributed by atoms with Gasteiger partial charge in [-0.3, -0.25) is 10.1 Å². The molecule has 1 atom stereocenters. The summed E-state index contributed by atoms with van der Waals surface area (Å²) in [5.74, 6) is 1.09. The summed E-state index contributed by atoms with van der Waals surface area (Å²) in [6.45, 7) is 1.76. The molecule has 0 heterocycles. The molecule has 1 unspecified atom stereocenters. The van der Waals surface area contributed by atoms with Crippen LogP contribution in [-0.4, -0.2) is 22.0 Å². The number of terminal acetylenes is 1. The summed E-state index contributed by atoms with van der Waals surface area (Å²) in [5, 5.41) is 22.7. The Bertz CT molecular complexity index is 519. The van der Waals surface area contributed by atoms with Crippen LogP contribution >= 0.6 is 0 Å². The van der Waals surface area contributed by atoms with Gasteiger partial charge in [-0.05, 0) is 19.1 Å². The molecule has 94 valence electrons. The van der Waals surface area contributed by atoms with E-state index in [9.17, 15) is 14.9 Å². The van der Waals surface area contributed by atoms with Gasteiger partial charge < -0.3 is 10.4 Å². The van der Waals surface area contributed by atoms with Crippen molar-refractivity contribution in [1.29, 1.82) is 0 Å². The monoisotopic (exact) mass is 248 g/mol. The number of benzene rings is 1. The van der Waals surface area contributed by atoms with Crippen molar-refractivity contribution in [1.82, 2.24) is 0 Å². The largest absolute Gasteiger partial charge is 0.477 e. The molecule has 2 N–H and O–H groups in total. The van der Waals surface area contributed by atoms with Crippen LogP contribution in [0.5, 0.6) is 0 Å². The van der Waals surface area contributed by atoms with Crippen molar-refractivity contribution in [2.45, 2.75) is 19.4 Å². The number of carbonyl (C=O) groups is 1. The van der Waals surface area contributed by atoms with Gasteiger partial charge in [0, 0.05) is 12.5 Å². The zero-order valence-corrected chi connectivity index (χ0v) is 9.71. The second-order valence-electron chi connectivity index (χ2n) is 3.72. The number of nitro groups is 1. The number of carboxylic acids is 1. The van der Waals surface area contributed by atoms with Crippen molar-refractivity contribution >= 4 is 17.3 Å². The van der Waals surface area contributed by atoms with E-state index in [2.05, 4.69) is 11.2 Å². The molecule has 0 aromatic heterocycles. The summed E-state index contributed by atoms with van der Waals surface area (Å²) in [6, 6.07) is 3.91. The molecule has 0 aliphatic heterocycles. The first-order chi connectivity index (χ1) is 8.47. The lowest BCUT2D eigenvalue weighted by Gasteiger charge is -2.13. The van der Waals surface area contributed by atoms with Crippen LogP contribution in [0.2, 0.25) is 0 Å². The fraction of sp³-hybridized carbons (Fsp3) is 0.250. The first-order valence-corrected chi connectivity index (χ1v) is 5.18. The van der Waals surface area contributed by atoms with Gasteiger partial charge in [-0.2, -0.15) is 0 Å². The van der Waals surface area contributed by atoms with Crippen molar-refractivity contribution in [3.05, 3.63) is 33.9 Å². The van der Waals surface area contributed by atoms with Crippen LogP contribution in [0.25, 0.3) is 0 Å². The molecular weight excluding hydrogens is 236 g/mol. The Hall–Kier alpha value is -2.55. The van der Waals surface area contributed by atoms with E-state index in [0.717, 1.165) is 0 Å². The summed E-state index contributed by atoms with van der Waals surface area (Å²) in [7, 11) is 0. The number of anilines is 1. The van der Waals surface area contributed by atoms with Crippen molar-refractivity contribution in [2.75, 3.05) is 5.32 Å². The van der Waals surface area contributed by atoms with Gasteiger partial charge in [-0.1, -0.05) is 6.07 Å². The molecule has 1 aromatic rings. The molecule has 6 nitrogen and oxygen atoms in total. The molecule has 1 rings (SSSR count). The number of nitrogens with zero attached hydrogens (tertiary/aromatic N) is 1. The lowest BCUT2D eigenvalue weighted by molar-refractivity contribution is -0.384. The van der Waals surface area contributed by atoms with Gasteiger partial charge in [0.25, 0.3) is 0 Å². The van der Waals surface area contributed by atoms with E-state index in [1.807, 2.05) is 0 Å². The van der Waals surface area contributed by atoms with E-state index in [1.54, 1.807) is 6.92 Å². The number of carboxylic acid groups (broad SMARTS) is 1. The molecule has 0 fully saturated rings. The SMILES string of the molecule is C#CCC(C)Nc1cccc(C(=O)O)c1[N+](=O)[O-]. The Labute approximate surface area is 104 Å². The van der Waals surface area contributed by atoms with Crippen molar-refractivity contribution in [2.24, 2.45) is 0 Å². The number of rotatable bonds is 5. The minimum Gasteiger partial charge on any atom is -0.477 e. The van der Waals surface area contributed by atoms with Crippen LogP contribution in [0, 0.1) is 22.5 Å². The Balaban J connectivity index is 3.20. The molecule has 0 bridgehead atoms. The standard InChI is InChI=1S/C12H12N2O4/c1-3-5-8(2)13-10-7-4-6-9(12(15)16)11(10)14(17)18/h1,4,6-8,13H,5H2,2H3,(H,15,16). The average Bonchev–Trinajstić information content (AvgIpc) is 2.28. The van der Waals surface area contributed by atoms with Gasteiger partial charge in [-0.25, -0.2) is 4.79 Å². The first-order valence-electron chi connectivity index (χ1n) is 5.18. The van der Waals surface area contributed by atoms with E-state index in [-0.39, 0.29) is 17.3 Å². The zero-order chi connectivity index (χ0) is 13.7. The minimum absolute atomic E-state index is 0.155. The number of para-hydroxylation sites is 1. The predicted molar refractivity (Wildman–Crippen MR) is 66.6 cm³/mol. The Morgan fingerprint density at radius 1 is 1.67 bits per heavy atom. The molecule has 0 saturated heterocycles. The van der Waals surface area contributed by atoms with Crippen LogP contribution in [0.3, 0.4) is 0 Å². The number of hydrogen-bond acceptors (Lipinski definition) is 4. The van der Waals surface area contributed by atoms with Crippen LogP contribution in [0.4, 0.5) is 11.4 Å². The fourth-order valence-electron chi connectivity index (χ4n) is 1.52. The highest BCUT2D eigenvalue weighted by atomic mass is 16.6. The molecule has 1 aromatic carbocycles. The van der Waals surface area contributed by atoms with Gasteiger partial charge in [0.15, 0.2) is 0 Å². The second kappa shape index (κ2) is 5.68. The van der Waals surface area contributed by atoms with Gasteiger partial charge in [0.05, 0.1) is 4.92 Å². The molecule has 0 aliphatic carbocycles. The van der Waals surface area contributed by atoms with Crippen molar-refractivity contribution < 1.29 is 14.8 Å². The van der Waals surface area contributed by atoms with Gasteiger partial charge >= 0.3 is 11.7 Å². The number of aromatic carboxylic acids is 1. The second-order valence-corrected chi connectivity index (χ2v) is 3.72. The van der Waals surface area contributed by atoms with Gasteiger partial charge in [0.2, 0.25) is 0 Å². The Morgan fingerprint density at radius 3 is 2.83 bits per heavy atom. The normalized spacial score (nSPS) is 11.3. The first kappa shape index (κ1) is 13.5. The lowest BCUT2D eigenvalue weighted by Crippen LogP contribution is -2.16. The maximum atomic E-state index is 10.9. The van der Waals surface area contributed by atoms with E-state index in [4.69, 9.17) is 11.5 Å². The summed E-state index contributed by atoms with van der Waals surface area (Å²) in [6.07, 6.45) is 5.52. The van der Waals surface area contributed by atoms with Crippen LogP contribution in [-0.2, 0) is 0 Å². The van der Waals surface area contributed by atoms with Crippen LogP contribution in [0.15, 0.2) is 18.2 Å². The topological polar surface area (TPSA) is 92.5 Å². The average molecular weight is 248 g/mol. The fourth-order valence-corrected chi connectivity index (χ4v) is 1.52. The van der Waals surface area contributed by atoms with Crippen LogP contribution < -0.4 is 5.32 Å². The zero-order valence-electron chi connectivity index (χ0n) is 9.71. The van der Waals surface area contributed by atoms with E-state index < -0.39 is 16.6 Å². The highest BCUT2D eigenvalue weighted by molar-refractivity contribution is 5.95. The minimum atomic E-state index is -1.34. The van der Waals surface area contributed by atoms with Crippen LogP contribution in [0.1, 0.15) is 23.7 Å². The number of nitrogens with one attached hydrogen (secondary N) is 1. The quantitative estimate of drug-likeness (QED) is 0.473. The summed E-state index contributed by atoms with van der Waals surface area (Å²) >= 11 is 0. The highest BCUT2D eigenvalue weighted by Gasteiger charge is 2.24. The summed E-state index contributed by atoms with van der Waals surface area (Å²) < 4.78 is 0. The molecule has 18 heavy (non-hydrogen) atoms. The summed E-state index contributed by atoms with van der Waals surface area (Å²) in [4.78, 5) is 21.2. The molecule has 0 radical (unpaired) electrons. The number of hydrogen-bond donors (Lipinski definition) is 2. The van der Waals surface area contributed by atoms with E-state index >= 15 is 0 Å². The Kier molecular flexibility index (Phi) is 4.27. The van der Waals surface area contributed by atoms with E-state index in [1.165, 1.54) is 18.2 Å². The highest BCUT2D eigenvalue weighted by Crippen LogP contribution is 2.29. The van der Waals surface area contributed by atoms with Gasteiger partial charge in [-0.15, -0.1) is 12.3 Å². The number of nitro benzene ring substituents is 1. The molecule has 0 spiro atoms. The molecule has 0 saturated carbocycles. The smallest absolute Gasteiger partial charge is 0.342 e. The van der Waals surface area contributed by atoms with Gasteiger partial charge in [0.1, 0.15) is 11.3 Å². The third kappa shape index (κ3) is 2.98. The predicted octanol–water partition coefficient (Wildman–Crippen LogP) is 2.12. The maximum Gasteiger partial charge on any atom is 0.342 e. The van der Waals surface area contributed by atoms with E-state index in [0.29, 0.717) is 6.42 Å². The third-order valence-electron chi connectivity index (χ3n) is 2.27.